The maximum absolute atomic E-state index is 13.7. The Balaban J connectivity index is 2.00. The lowest BCUT2D eigenvalue weighted by molar-refractivity contribution is 0.0517. The fraction of sp³-hybridized carbons (Fsp3) is 0.115. The number of ether oxygens (including phenoxy) is 1. The van der Waals surface area contributed by atoms with Crippen LogP contribution in [0.5, 0.6) is 0 Å². The van der Waals surface area contributed by atoms with E-state index in [2.05, 4.69) is 0 Å². The Bertz CT molecular complexity index is 1420. The molecule has 0 amide bonds. The molecule has 0 bridgehead atoms. The van der Waals surface area contributed by atoms with E-state index in [1.54, 1.807) is 47.9 Å². The Morgan fingerprint density at radius 2 is 1.47 bits per heavy atom. The van der Waals surface area contributed by atoms with Crippen LogP contribution < -0.4 is 5.56 Å². The van der Waals surface area contributed by atoms with Gasteiger partial charge in [-0.25, -0.2) is 9.18 Å². The van der Waals surface area contributed by atoms with Crippen LogP contribution >= 0.6 is 24.0 Å². The van der Waals surface area contributed by atoms with Gasteiger partial charge in [0, 0.05) is 11.4 Å². The monoisotopic (exact) mass is 492 g/mol. The smallest absolute Gasteiger partial charge is 0.346 e. The minimum absolute atomic E-state index is 0.102. The molecular formula is C26H21FN2O3S2. The van der Waals surface area contributed by atoms with Crippen LogP contribution in [-0.2, 0) is 10.5 Å². The molecule has 0 saturated heterocycles. The quantitative estimate of drug-likeness (QED) is 0.138. The molecular weight excluding hydrogens is 471 g/mol. The van der Waals surface area contributed by atoms with Crippen molar-refractivity contribution >= 4 is 29.9 Å². The van der Waals surface area contributed by atoms with Gasteiger partial charge in [0.1, 0.15) is 10.8 Å². The van der Waals surface area contributed by atoms with Gasteiger partial charge in [-0.2, -0.15) is 0 Å². The number of hydrogen-bond donors (Lipinski definition) is 0. The highest BCUT2D eigenvalue weighted by Gasteiger charge is 2.26. The molecule has 0 radical (unpaired) electrons. The Morgan fingerprint density at radius 3 is 2.03 bits per heavy atom. The Hall–Kier alpha value is -3.49. The maximum atomic E-state index is 13.7. The van der Waals surface area contributed by atoms with Crippen LogP contribution in [0.3, 0.4) is 0 Å². The molecule has 4 aromatic rings. The SMILES string of the molecule is CCOC(=O)c1c(SCc2ccc(F)cc2)n(-c2ccccc2)c(=S)n(-c2ccccc2)c1=O. The number of aromatic nitrogens is 2. The first-order chi connectivity index (χ1) is 16.5. The molecule has 0 aliphatic carbocycles. The third-order valence-electron chi connectivity index (χ3n) is 5.01. The van der Waals surface area contributed by atoms with Gasteiger partial charge in [-0.05, 0) is 61.1 Å². The summed E-state index contributed by atoms with van der Waals surface area (Å²) in [6, 6.07) is 24.3. The predicted molar refractivity (Wildman–Crippen MR) is 134 cm³/mol. The first-order valence-corrected chi connectivity index (χ1v) is 12.0. The number of benzene rings is 3. The number of hydrogen-bond acceptors (Lipinski definition) is 5. The summed E-state index contributed by atoms with van der Waals surface area (Å²) in [6.07, 6.45) is 0. The minimum atomic E-state index is -0.724. The Kier molecular flexibility index (Phi) is 7.40. The van der Waals surface area contributed by atoms with Gasteiger partial charge in [0.05, 0.1) is 12.3 Å². The van der Waals surface area contributed by atoms with Crippen molar-refractivity contribution in [3.8, 4) is 11.4 Å². The molecule has 0 saturated carbocycles. The second-order valence-corrected chi connectivity index (χ2v) is 8.57. The topological polar surface area (TPSA) is 53.2 Å². The zero-order valence-electron chi connectivity index (χ0n) is 18.3. The van der Waals surface area contributed by atoms with Crippen LogP contribution in [-0.4, -0.2) is 21.7 Å². The summed E-state index contributed by atoms with van der Waals surface area (Å²) >= 11 is 7.07. The molecule has 1 heterocycles. The van der Waals surface area contributed by atoms with E-state index < -0.39 is 11.5 Å². The van der Waals surface area contributed by atoms with Crippen LogP contribution in [0.15, 0.2) is 94.7 Å². The van der Waals surface area contributed by atoms with E-state index in [4.69, 9.17) is 17.0 Å². The number of para-hydroxylation sites is 2. The largest absolute Gasteiger partial charge is 0.462 e. The summed E-state index contributed by atoms with van der Waals surface area (Å²) in [7, 11) is 0. The normalized spacial score (nSPS) is 10.8. The second-order valence-electron chi connectivity index (χ2n) is 7.25. The summed E-state index contributed by atoms with van der Waals surface area (Å²) < 4.78 is 21.9. The fourth-order valence-electron chi connectivity index (χ4n) is 3.45. The van der Waals surface area contributed by atoms with Gasteiger partial charge in [-0.1, -0.05) is 48.5 Å². The molecule has 8 heteroatoms. The fourth-order valence-corrected chi connectivity index (χ4v) is 5.02. The zero-order valence-corrected chi connectivity index (χ0v) is 19.9. The molecule has 5 nitrogen and oxygen atoms in total. The van der Waals surface area contributed by atoms with E-state index in [9.17, 15) is 14.0 Å². The van der Waals surface area contributed by atoms with E-state index in [0.29, 0.717) is 22.2 Å². The number of nitrogens with zero attached hydrogens (tertiary/aromatic N) is 2. The summed E-state index contributed by atoms with van der Waals surface area (Å²) in [4.78, 5) is 26.8. The molecule has 0 fully saturated rings. The first-order valence-electron chi connectivity index (χ1n) is 10.6. The molecule has 0 N–H and O–H groups in total. The van der Waals surface area contributed by atoms with E-state index in [1.165, 1.54) is 28.5 Å². The number of halogens is 1. The molecule has 0 aliphatic rings. The zero-order chi connectivity index (χ0) is 24.1. The number of esters is 1. The third-order valence-corrected chi connectivity index (χ3v) is 6.52. The Labute approximate surface area is 205 Å². The van der Waals surface area contributed by atoms with Gasteiger partial charge in [-0.15, -0.1) is 11.8 Å². The number of thioether (sulfide) groups is 1. The molecule has 34 heavy (non-hydrogen) atoms. The lowest BCUT2D eigenvalue weighted by Gasteiger charge is -2.20. The highest BCUT2D eigenvalue weighted by Crippen LogP contribution is 2.29. The lowest BCUT2D eigenvalue weighted by Crippen LogP contribution is -2.32. The van der Waals surface area contributed by atoms with E-state index in [0.717, 1.165) is 5.56 Å². The highest BCUT2D eigenvalue weighted by atomic mass is 32.2. The predicted octanol–water partition coefficient (Wildman–Crippen LogP) is 5.97. The standard InChI is InChI=1S/C26H21FN2O3S2/c1-2-32-25(31)22-23(30)28(20-9-5-3-6-10-20)26(33)29(21-11-7-4-8-12-21)24(22)34-17-18-13-15-19(27)16-14-18/h3-16H,2,17H2,1H3. The van der Waals surface area contributed by atoms with Gasteiger partial charge in [0.15, 0.2) is 10.3 Å². The van der Waals surface area contributed by atoms with Crippen LogP contribution in [0, 0.1) is 10.6 Å². The van der Waals surface area contributed by atoms with Crippen molar-refractivity contribution < 1.29 is 13.9 Å². The van der Waals surface area contributed by atoms with Crippen molar-refractivity contribution in [3.05, 3.63) is 117 Å². The van der Waals surface area contributed by atoms with Crippen LogP contribution in [0.2, 0.25) is 0 Å². The summed E-state index contributed by atoms with van der Waals surface area (Å²) in [5, 5.41) is 0.371. The molecule has 0 aliphatic heterocycles. The van der Waals surface area contributed by atoms with Gasteiger partial charge < -0.3 is 4.74 Å². The van der Waals surface area contributed by atoms with Crippen molar-refractivity contribution in [2.45, 2.75) is 17.7 Å². The second kappa shape index (κ2) is 10.6. The van der Waals surface area contributed by atoms with Crippen molar-refractivity contribution in [2.24, 2.45) is 0 Å². The molecule has 0 unspecified atom stereocenters. The summed E-state index contributed by atoms with van der Waals surface area (Å²) in [5.74, 6) is -0.666. The Morgan fingerprint density at radius 1 is 0.912 bits per heavy atom. The van der Waals surface area contributed by atoms with Crippen molar-refractivity contribution in [1.82, 2.24) is 9.13 Å². The van der Waals surface area contributed by atoms with Crippen molar-refractivity contribution in [2.75, 3.05) is 6.61 Å². The molecule has 172 valence electrons. The molecule has 3 aromatic carbocycles. The number of carbonyl (C=O) groups excluding carboxylic acids is 1. The van der Waals surface area contributed by atoms with Crippen LogP contribution in [0.4, 0.5) is 4.39 Å². The average Bonchev–Trinajstić information content (AvgIpc) is 2.85. The first kappa shape index (κ1) is 23.7. The molecule has 0 atom stereocenters. The van der Waals surface area contributed by atoms with Gasteiger partial charge in [0.25, 0.3) is 5.56 Å². The average molecular weight is 493 g/mol. The highest BCUT2D eigenvalue weighted by molar-refractivity contribution is 7.98. The van der Waals surface area contributed by atoms with Crippen molar-refractivity contribution in [3.63, 3.8) is 0 Å². The minimum Gasteiger partial charge on any atom is -0.462 e. The summed E-state index contributed by atoms with van der Waals surface area (Å²) in [6.45, 7) is 1.80. The van der Waals surface area contributed by atoms with Gasteiger partial charge >= 0.3 is 5.97 Å². The maximum Gasteiger partial charge on any atom is 0.346 e. The molecule has 1 aromatic heterocycles. The molecule has 4 rings (SSSR count). The van der Waals surface area contributed by atoms with Crippen LogP contribution in [0.25, 0.3) is 11.4 Å². The van der Waals surface area contributed by atoms with Crippen molar-refractivity contribution in [1.29, 1.82) is 0 Å². The van der Waals surface area contributed by atoms with Gasteiger partial charge in [0.2, 0.25) is 0 Å². The summed E-state index contributed by atoms with van der Waals surface area (Å²) in [5.41, 5.74) is 1.42. The number of rotatable bonds is 7. The third kappa shape index (κ3) is 4.88. The van der Waals surface area contributed by atoms with Crippen LogP contribution in [0.1, 0.15) is 22.8 Å². The van der Waals surface area contributed by atoms with Gasteiger partial charge in [-0.3, -0.25) is 13.9 Å². The molecule has 0 spiro atoms. The lowest BCUT2D eigenvalue weighted by atomic mass is 10.2. The van der Waals surface area contributed by atoms with E-state index in [1.807, 2.05) is 36.4 Å². The van der Waals surface area contributed by atoms with E-state index in [-0.39, 0.29) is 22.8 Å². The van der Waals surface area contributed by atoms with E-state index >= 15 is 0 Å². The number of carbonyl (C=O) groups is 1.